The van der Waals surface area contributed by atoms with Crippen molar-refractivity contribution in [1.29, 1.82) is 0 Å². The summed E-state index contributed by atoms with van der Waals surface area (Å²) in [4.78, 5) is 0. The van der Waals surface area contributed by atoms with Crippen LogP contribution in [0.1, 0.15) is 27.7 Å². The molecule has 1 fully saturated rings. The van der Waals surface area contributed by atoms with Crippen LogP contribution in [0.2, 0.25) is 0 Å². The average Bonchev–Trinajstić information content (AvgIpc) is 2.50. The molecule has 1 aliphatic heterocycles. The standard InChI is InChI=1S/C12H23BO5P/c1-7(2)8(3)6-19(16)17-5-9-10(14)12(4,15)11(13)18-9/h7-11,14-15H,5-6H2,1-4H3/q+1/t8?,9-,10-,11-,12-/m1/s1. The fourth-order valence-electron chi connectivity index (χ4n) is 1.73. The van der Waals surface area contributed by atoms with Crippen LogP contribution in [-0.2, 0) is 13.8 Å². The SMILES string of the molecule is [B][C@@H]1O[C@H](CO[P+](=O)CC(C)C(C)C)[C@@H](O)[C@@]1(C)O. The summed E-state index contributed by atoms with van der Waals surface area (Å²) in [6.45, 7) is 7.51. The van der Waals surface area contributed by atoms with Gasteiger partial charge in [0.1, 0.15) is 32.3 Å². The maximum atomic E-state index is 11.8. The molecule has 108 valence electrons. The molecule has 1 saturated heterocycles. The van der Waals surface area contributed by atoms with Crippen molar-refractivity contribution in [2.45, 2.75) is 51.5 Å². The fourth-order valence-corrected chi connectivity index (χ4v) is 3.04. The lowest BCUT2D eigenvalue weighted by Crippen LogP contribution is -2.46. The number of aliphatic hydroxyl groups excluding tert-OH is 1. The zero-order valence-corrected chi connectivity index (χ0v) is 12.8. The Morgan fingerprint density at radius 3 is 2.47 bits per heavy atom. The molecule has 0 spiro atoms. The Balaban J connectivity index is 2.40. The van der Waals surface area contributed by atoms with E-state index in [4.69, 9.17) is 17.1 Å². The lowest BCUT2D eigenvalue weighted by molar-refractivity contribution is -0.0453. The van der Waals surface area contributed by atoms with Crippen LogP contribution in [0.3, 0.4) is 0 Å². The second-order valence-corrected chi connectivity index (χ2v) is 7.09. The van der Waals surface area contributed by atoms with Crippen molar-refractivity contribution in [2.24, 2.45) is 11.8 Å². The highest BCUT2D eigenvalue weighted by atomic mass is 31.1. The molecular formula is C12H23BO5P+. The summed E-state index contributed by atoms with van der Waals surface area (Å²) in [7, 11) is 3.76. The quantitative estimate of drug-likeness (QED) is 0.564. The van der Waals surface area contributed by atoms with E-state index in [-0.39, 0.29) is 6.61 Å². The van der Waals surface area contributed by atoms with E-state index in [0.717, 1.165) is 0 Å². The zero-order valence-electron chi connectivity index (χ0n) is 11.9. The molecule has 5 nitrogen and oxygen atoms in total. The van der Waals surface area contributed by atoms with E-state index in [2.05, 4.69) is 13.8 Å². The Labute approximate surface area is 117 Å². The van der Waals surface area contributed by atoms with Gasteiger partial charge in [0.05, 0.1) is 0 Å². The highest BCUT2D eigenvalue weighted by Gasteiger charge is 2.50. The minimum Gasteiger partial charge on any atom is -0.387 e. The van der Waals surface area contributed by atoms with E-state index >= 15 is 0 Å². The Morgan fingerprint density at radius 1 is 1.47 bits per heavy atom. The van der Waals surface area contributed by atoms with E-state index in [1.54, 1.807) is 0 Å². The van der Waals surface area contributed by atoms with Crippen molar-refractivity contribution in [3.8, 4) is 0 Å². The molecule has 2 radical (unpaired) electrons. The van der Waals surface area contributed by atoms with Crippen LogP contribution in [0.15, 0.2) is 0 Å². The van der Waals surface area contributed by atoms with Gasteiger partial charge in [-0.15, -0.1) is 4.52 Å². The Morgan fingerprint density at radius 2 is 2.05 bits per heavy atom. The third-order valence-corrected chi connectivity index (χ3v) is 5.12. The third kappa shape index (κ3) is 4.23. The summed E-state index contributed by atoms with van der Waals surface area (Å²) in [5, 5.41) is 19.7. The number of aliphatic hydroxyl groups is 2. The first-order valence-electron chi connectivity index (χ1n) is 6.55. The maximum Gasteiger partial charge on any atom is 0.508 e. The molecule has 0 bridgehead atoms. The van der Waals surface area contributed by atoms with Gasteiger partial charge in [0, 0.05) is 11.9 Å². The Bertz CT molecular complexity index is 323. The normalized spacial score (nSPS) is 37.6. The number of ether oxygens (including phenoxy) is 1. The molecule has 0 saturated carbocycles. The van der Waals surface area contributed by atoms with Crippen molar-refractivity contribution in [1.82, 2.24) is 0 Å². The van der Waals surface area contributed by atoms with Crippen LogP contribution in [0.25, 0.3) is 0 Å². The minimum absolute atomic E-state index is 0.0367. The van der Waals surface area contributed by atoms with Gasteiger partial charge in [-0.25, -0.2) is 0 Å². The monoisotopic (exact) mass is 289 g/mol. The van der Waals surface area contributed by atoms with Crippen LogP contribution >= 0.6 is 8.03 Å². The number of hydrogen-bond acceptors (Lipinski definition) is 5. The van der Waals surface area contributed by atoms with Crippen molar-refractivity contribution < 1.29 is 24.0 Å². The highest BCUT2D eigenvalue weighted by molar-refractivity contribution is 7.39. The third-order valence-electron chi connectivity index (χ3n) is 3.81. The maximum absolute atomic E-state index is 11.8. The van der Waals surface area contributed by atoms with Crippen molar-refractivity contribution in [3.05, 3.63) is 0 Å². The van der Waals surface area contributed by atoms with Crippen LogP contribution in [0.5, 0.6) is 0 Å². The van der Waals surface area contributed by atoms with E-state index in [9.17, 15) is 14.8 Å². The van der Waals surface area contributed by atoms with Gasteiger partial charge < -0.3 is 14.9 Å². The second-order valence-electron chi connectivity index (χ2n) is 5.80. The first-order valence-corrected chi connectivity index (χ1v) is 7.91. The van der Waals surface area contributed by atoms with Crippen LogP contribution < -0.4 is 0 Å². The largest absolute Gasteiger partial charge is 0.508 e. The molecule has 2 N–H and O–H groups in total. The van der Waals surface area contributed by atoms with E-state index in [0.29, 0.717) is 18.0 Å². The van der Waals surface area contributed by atoms with Gasteiger partial charge in [0.2, 0.25) is 0 Å². The molecule has 6 atom stereocenters. The second kappa shape index (κ2) is 6.64. The van der Waals surface area contributed by atoms with Crippen molar-refractivity contribution in [2.75, 3.05) is 12.8 Å². The first-order chi connectivity index (χ1) is 8.66. The Kier molecular flexibility index (Phi) is 5.96. The first kappa shape index (κ1) is 17.1. The predicted octanol–water partition coefficient (Wildman–Crippen LogP) is 1.04. The summed E-state index contributed by atoms with van der Waals surface area (Å²) < 4.78 is 22.2. The van der Waals surface area contributed by atoms with Crippen LogP contribution in [0, 0.1) is 11.8 Å². The molecule has 0 amide bonds. The molecule has 0 aromatic carbocycles. The average molecular weight is 289 g/mol. The van der Waals surface area contributed by atoms with Gasteiger partial charge in [-0.05, 0) is 17.4 Å². The minimum atomic E-state index is -1.80. The van der Waals surface area contributed by atoms with Gasteiger partial charge in [0.15, 0.2) is 6.16 Å². The van der Waals surface area contributed by atoms with Crippen molar-refractivity contribution >= 4 is 15.9 Å². The summed E-state index contributed by atoms with van der Waals surface area (Å²) in [5.41, 5.74) is -1.51. The molecule has 1 heterocycles. The van der Waals surface area contributed by atoms with Crippen molar-refractivity contribution in [3.63, 3.8) is 0 Å². The summed E-state index contributed by atoms with van der Waals surface area (Å²) >= 11 is 0. The molecular weight excluding hydrogens is 266 g/mol. The highest BCUT2D eigenvalue weighted by Crippen LogP contribution is 2.33. The topological polar surface area (TPSA) is 76.0 Å². The molecule has 2 unspecified atom stereocenters. The molecule has 19 heavy (non-hydrogen) atoms. The predicted molar refractivity (Wildman–Crippen MR) is 73.5 cm³/mol. The number of rotatable bonds is 6. The molecule has 0 aliphatic carbocycles. The smallest absolute Gasteiger partial charge is 0.387 e. The Hall–Kier alpha value is 0.00494. The van der Waals surface area contributed by atoms with E-state index in [1.165, 1.54) is 6.92 Å². The van der Waals surface area contributed by atoms with Gasteiger partial charge in [-0.2, -0.15) is 0 Å². The molecule has 0 aromatic heterocycles. The molecule has 1 aliphatic rings. The lowest BCUT2D eigenvalue weighted by atomic mass is 9.82. The fraction of sp³-hybridized carbons (Fsp3) is 1.00. The molecule has 1 rings (SSSR count). The number of hydrogen-bond donors (Lipinski definition) is 2. The van der Waals surface area contributed by atoms with Crippen LogP contribution in [0.4, 0.5) is 0 Å². The van der Waals surface area contributed by atoms with Gasteiger partial charge in [0.25, 0.3) is 0 Å². The van der Waals surface area contributed by atoms with E-state index in [1.807, 2.05) is 6.92 Å². The van der Waals surface area contributed by atoms with Gasteiger partial charge >= 0.3 is 8.03 Å². The summed E-state index contributed by atoms with van der Waals surface area (Å²) in [6.07, 6.45) is -1.43. The summed E-state index contributed by atoms with van der Waals surface area (Å²) in [5.74, 6) is 0.730. The van der Waals surface area contributed by atoms with Gasteiger partial charge in [-0.1, -0.05) is 20.8 Å². The zero-order chi connectivity index (χ0) is 14.8. The van der Waals surface area contributed by atoms with E-state index < -0.39 is 31.8 Å². The summed E-state index contributed by atoms with van der Waals surface area (Å²) in [6, 6.07) is -0.969. The lowest BCUT2D eigenvalue weighted by Gasteiger charge is -2.24. The van der Waals surface area contributed by atoms with Crippen LogP contribution in [-0.4, -0.2) is 54.6 Å². The molecule has 0 aromatic rings. The van der Waals surface area contributed by atoms with Gasteiger partial charge in [-0.3, -0.25) is 0 Å². The molecule has 7 heteroatoms.